The van der Waals surface area contributed by atoms with Crippen LogP contribution in [-0.4, -0.2) is 0 Å². The third-order valence-electron chi connectivity index (χ3n) is 3.21. The topological polar surface area (TPSA) is 43.4 Å². The second kappa shape index (κ2) is 3.62. The molecule has 0 fully saturated rings. The van der Waals surface area contributed by atoms with Crippen LogP contribution in [0.3, 0.4) is 0 Å². The van der Waals surface area contributed by atoms with Crippen molar-refractivity contribution in [2.24, 2.45) is 0 Å². The molecule has 2 heterocycles. The fourth-order valence-corrected chi connectivity index (χ4v) is 2.56. The van der Waals surface area contributed by atoms with Crippen LogP contribution in [-0.2, 0) is 0 Å². The molecule has 4 heteroatoms. The van der Waals surface area contributed by atoms with Gasteiger partial charge in [0, 0.05) is 5.39 Å². The molecule has 0 N–H and O–H groups in total. The van der Waals surface area contributed by atoms with Crippen molar-refractivity contribution in [3.8, 4) is 0 Å². The van der Waals surface area contributed by atoms with Crippen LogP contribution in [0.25, 0.3) is 32.9 Å². The monoisotopic (exact) mass is 270 g/mol. The van der Waals surface area contributed by atoms with E-state index in [1.165, 1.54) is 0 Å². The molecule has 0 bridgehead atoms. The standard InChI is InChI=1S/C15H7ClO3/c16-11-7-3-6-10-12(11)18-13-8-4-1-2-5-9(8)15(17)19-14(10)13/h1-7H. The van der Waals surface area contributed by atoms with Crippen molar-refractivity contribution >= 4 is 44.5 Å². The van der Waals surface area contributed by atoms with Crippen LogP contribution in [0.1, 0.15) is 0 Å². The summed E-state index contributed by atoms with van der Waals surface area (Å²) in [6.07, 6.45) is 0. The van der Waals surface area contributed by atoms with Gasteiger partial charge in [-0.3, -0.25) is 0 Å². The summed E-state index contributed by atoms with van der Waals surface area (Å²) < 4.78 is 11.2. The number of furan rings is 1. The Morgan fingerprint density at radius 2 is 1.42 bits per heavy atom. The average Bonchev–Trinajstić information content (AvgIpc) is 2.80. The van der Waals surface area contributed by atoms with Gasteiger partial charge in [0.05, 0.1) is 15.8 Å². The molecule has 19 heavy (non-hydrogen) atoms. The number of hydrogen-bond donors (Lipinski definition) is 0. The van der Waals surface area contributed by atoms with Crippen LogP contribution in [0, 0.1) is 0 Å². The Labute approximate surface area is 112 Å². The van der Waals surface area contributed by atoms with E-state index in [-0.39, 0.29) is 5.63 Å². The Morgan fingerprint density at radius 3 is 2.26 bits per heavy atom. The first-order valence-electron chi connectivity index (χ1n) is 5.78. The van der Waals surface area contributed by atoms with Gasteiger partial charge >= 0.3 is 5.63 Å². The second-order valence-electron chi connectivity index (χ2n) is 4.31. The molecule has 92 valence electrons. The lowest BCUT2D eigenvalue weighted by Gasteiger charge is -1.95. The Balaban J connectivity index is 2.39. The molecule has 2 aromatic heterocycles. The summed E-state index contributed by atoms with van der Waals surface area (Å²) in [6, 6.07) is 12.6. The summed E-state index contributed by atoms with van der Waals surface area (Å²) in [5.74, 6) is 0. The molecule has 4 rings (SSSR count). The maximum Gasteiger partial charge on any atom is 0.344 e. The van der Waals surface area contributed by atoms with Crippen molar-refractivity contribution in [1.29, 1.82) is 0 Å². The Morgan fingerprint density at radius 1 is 0.737 bits per heavy atom. The van der Waals surface area contributed by atoms with Gasteiger partial charge in [-0.2, -0.15) is 0 Å². The molecule has 3 nitrogen and oxygen atoms in total. The summed E-state index contributed by atoms with van der Waals surface area (Å²) >= 11 is 6.11. The minimum absolute atomic E-state index is 0.370. The number of para-hydroxylation sites is 1. The number of rotatable bonds is 0. The lowest BCUT2D eigenvalue weighted by atomic mass is 10.1. The van der Waals surface area contributed by atoms with Gasteiger partial charge < -0.3 is 8.83 Å². The van der Waals surface area contributed by atoms with E-state index in [1.54, 1.807) is 24.3 Å². The molecule has 0 saturated carbocycles. The van der Waals surface area contributed by atoms with E-state index in [0.29, 0.717) is 32.5 Å². The first kappa shape index (κ1) is 10.6. The highest BCUT2D eigenvalue weighted by molar-refractivity contribution is 6.35. The van der Waals surface area contributed by atoms with Crippen molar-refractivity contribution < 1.29 is 8.83 Å². The zero-order chi connectivity index (χ0) is 13.0. The molecular formula is C15H7ClO3. The summed E-state index contributed by atoms with van der Waals surface area (Å²) in [7, 11) is 0. The highest BCUT2D eigenvalue weighted by atomic mass is 35.5. The van der Waals surface area contributed by atoms with Gasteiger partial charge in [-0.15, -0.1) is 0 Å². The molecule has 0 aliphatic rings. The van der Waals surface area contributed by atoms with Crippen molar-refractivity contribution in [2.45, 2.75) is 0 Å². The molecule has 0 unspecified atom stereocenters. The van der Waals surface area contributed by atoms with Crippen LogP contribution in [0.5, 0.6) is 0 Å². The highest BCUT2D eigenvalue weighted by Crippen LogP contribution is 2.35. The van der Waals surface area contributed by atoms with Crippen LogP contribution in [0.2, 0.25) is 5.02 Å². The van der Waals surface area contributed by atoms with Gasteiger partial charge in [0.1, 0.15) is 0 Å². The van der Waals surface area contributed by atoms with Gasteiger partial charge in [-0.05, 0) is 18.2 Å². The van der Waals surface area contributed by atoms with Crippen molar-refractivity contribution in [3.05, 3.63) is 57.9 Å². The summed E-state index contributed by atoms with van der Waals surface area (Å²) in [5, 5.41) is 2.46. The third-order valence-corrected chi connectivity index (χ3v) is 3.51. The predicted molar refractivity (Wildman–Crippen MR) is 74.8 cm³/mol. The molecule has 0 atom stereocenters. The molecule has 0 spiro atoms. The molecule has 2 aromatic carbocycles. The van der Waals surface area contributed by atoms with Gasteiger partial charge in [0.25, 0.3) is 0 Å². The van der Waals surface area contributed by atoms with Crippen molar-refractivity contribution in [2.75, 3.05) is 0 Å². The minimum atomic E-state index is -0.370. The van der Waals surface area contributed by atoms with Crippen LogP contribution < -0.4 is 5.63 Å². The quantitative estimate of drug-likeness (QED) is 0.477. The van der Waals surface area contributed by atoms with Gasteiger partial charge in [0.15, 0.2) is 16.7 Å². The van der Waals surface area contributed by atoms with Crippen LogP contribution >= 0.6 is 11.6 Å². The van der Waals surface area contributed by atoms with E-state index < -0.39 is 0 Å². The number of halogens is 1. The first-order valence-corrected chi connectivity index (χ1v) is 6.16. The van der Waals surface area contributed by atoms with Gasteiger partial charge in [-0.25, -0.2) is 4.79 Å². The molecule has 0 saturated heterocycles. The first-order chi connectivity index (χ1) is 9.25. The number of fused-ring (bicyclic) bond motifs is 5. The molecular weight excluding hydrogens is 264 g/mol. The van der Waals surface area contributed by atoms with Crippen molar-refractivity contribution in [3.63, 3.8) is 0 Å². The molecule has 0 aliphatic carbocycles. The fourth-order valence-electron chi connectivity index (χ4n) is 2.35. The predicted octanol–water partition coefficient (Wildman–Crippen LogP) is 4.35. The second-order valence-corrected chi connectivity index (χ2v) is 4.72. The minimum Gasteiger partial charge on any atom is -0.450 e. The van der Waals surface area contributed by atoms with E-state index in [2.05, 4.69) is 0 Å². The summed E-state index contributed by atoms with van der Waals surface area (Å²) in [6.45, 7) is 0. The Kier molecular flexibility index (Phi) is 2.03. The van der Waals surface area contributed by atoms with Crippen LogP contribution in [0.15, 0.2) is 56.1 Å². The zero-order valence-electron chi connectivity index (χ0n) is 9.64. The molecule has 0 amide bonds. The van der Waals surface area contributed by atoms with Gasteiger partial charge in [0.2, 0.25) is 0 Å². The smallest absolute Gasteiger partial charge is 0.344 e. The Bertz CT molecular complexity index is 995. The maximum absolute atomic E-state index is 12.0. The number of benzene rings is 2. The lowest BCUT2D eigenvalue weighted by molar-refractivity contribution is 0.564. The number of hydrogen-bond acceptors (Lipinski definition) is 3. The van der Waals surface area contributed by atoms with Gasteiger partial charge in [-0.1, -0.05) is 35.9 Å². The third kappa shape index (κ3) is 1.36. The largest absolute Gasteiger partial charge is 0.450 e. The van der Waals surface area contributed by atoms with Crippen LogP contribution in [0.4, 0.5) is 0 Å². The highest BCUT2D eigenvalue weighted by Gasteiger charge is 2.16. The molecule has 0 radical (unpaired) electrons. The molecule has 0 aliphatic heterocycles. The van der Waals surface area contributed by atoms with Crippen molar-refractivity contribution in [1.82, 2.24) is 0 Å². The van der Waals surface area contributed by atoms with E-state index in [9.17, 15) is 4.79 Å². The summed E-state index contributed by atoms with van der Waals surface area (Å²) in [5.41, 5.74) is 1.17. The normalized spacial score (nSPS) is 11.6. The maximum atomic E-state index is 12.0. The lowest BCUT2D eigenvalue weighted by Crippen LogP contribution is -1.98. The Hall–Kier alpha value is -2.26. The average molecular weight is 271 g/mol. The fraction of sp³-hybridized carbons (Fsp3) is 0. The zero-order valence-corrected chi connectivity index (χ0v) is 10.4. The van der Waals surface area contributed by atoms with E-state index >= 15 is 0 Å². The SMILES string of the molecule is O=c1oc2c3cccc(Cl)c3oc2c2ccccc12. The summed E-state index contributed by atoms with van der Waals surface area (Å²) in [4.78, 5) is 12.0. The van der Waals surface area contributed by atoms with E-state index in [4.69, 9.17) is 20.4 Å². The molecule has 4 aromatic rings. The van der Waals surface area contributed by atoms with E-state index in [1.807, 2.05) is 18.2 Å². The van der Waals surface area contributed by atoms with E-state index in [0.717, 1.165) is 5.39 Å².